The third-order valence-corrected chi connectivity index (χ3v) is 8.16. The van der Waals surface area contributed by atoms with E-state index in [0.29, 0.717) is 49.7 Å². The number of carbonyl (C=O) groups excluding carboxylic acids is 4. The fraction of sp³-hybridized carbons (Fsp3) is 0.256. The summed E-state index contributed by atoms with van der Waals surface area (Å²) in [6.07, 6.45) is 3.77. The molecule has 54 heavy (non-hydrogen) atoms. The number of nitrogens with zero attached hydrogens (tertiary/aromatic N) is 2. The van der Waals surface area contributed by atoms with Gasteiger partial charge >= 0.3 is 18.2 Å². The van der Waals surface area contributed by atoms with Gasteiger partial charge in [0.1, 0.15) is 6.61 Å². The highest BCUT2D eigenvalue weighted by molar-refractivity contribution is 5.91. The van der Waals surface area contributed by atoms with Crippen LogP contribution in [0.1, 0.15) is 35.1 Å². The second-order valence-corrected chi connectivity index (χ2v) is 12.1. The summed E-state index contributed by atoms with van der Waals surface area (Å²) in [5.41, 5.74) is 9.02. The van der Waals surface area contributed by atoms with Gasteiger partial charge in [0.2, 0.25) is 6.08 Å². The molecule has 4 aromatic carbocycles. The van der Waals surface area contributed by atoms with E-state index in [1.165, 1.54) is 11.6 Å². The quantitative estimate of drug-likeness (QED) is 0.0191. The molecule has 1 aliphatic rings. The van der Waals surface area contributed by atoms with Crippen LogP contribution in [0.2, 0.25) is 0 Å². The Kier molecular flexibility index (Phi) is 14.4. The van der Waals surface area contributed by atoms with Gasteiger partial charge in [-0.3, -0.25) is 16.0 Å². The first-order chi connectivity index (χ1) is 26.4. The van der Waals surface area contributed by atoms with E-state index in [0.717, 1.165) is 39.9 Å². The summed E-state index contributed by atoms with van der Waals surface area (Å²) < 4.78 is 15.1. The predicted molar refractivity (Wildman–Crippen MR) is 202 cm³/mol. The third-order valence-electron chi connectivity index (χ3n) is 8.16. The van der Waals surface area contributed by atoms with Gasteiger partial charge in [-0.25, -0.2) is 24.2 Å². The number of hydrogen-bond acceptors (Lipinski definition) is 11. The number of ether oxygens (including phenoxy) is 3. The molecule has 0 heterocycles. The number of anilines is 4. The lowest BCUT2D eigenvalue weighted by Crippen LogP contribution is -2.30. The Labute approximate surface area is 312 Å². The fourth-order valence-electron chi connectivity index (χ4n) is 5.55. The van der Waals surface area contributed by atoms with Gasteiger partial charge in [-0.1, -0.05) is 36.4 Å². The lowest BCUT2D eigenvalue weighted by atomic mass is 10.1. The predicted octanol–water partition coefficient (Wildman–Crippen LogP) is 6.45. The Balaban J connectivity index is 0.931. The lowest BCUT2D eigenvalue weighted by molar-refractivity contribution is 0.159. The van der Waals surface area contributed by atoms with Crippen molar-refractivity contribution in [3.05, 3.63) is 107 Å². The Morgan fingerprint density at radius 2 is 1.28 bits per heavy atom. The maximum absolute atomic E-state index is 12.5. The van der Waals surface area contributed by atoms with Gasteiger partial charge in [0, 0.05) is 29.3 Å². The topological polar surface area (TPSA) is 204 Å². The highest BCUT2D eigenvalue weighted by atomic mass is 16.6. The van der Waals surface area contributed by atoms with Gasteiger partial charge in [0.05, 0.1) is 26.4 Å². The molecule has 15 heteroatoms. The summed E-state index contributed by atoms with van der Waals surface area (Å²) in [4.78, 5) is 50.3. The second kappa shape index (κ2) is 20.2. The molecule has 0 saturated heterocycles. The highest BCUT2D eigenvalue weighted by Gasteiger charge is 2.19. The average molecular weight is 733 g/mol. The molecule has 278 valence electrons. The van der Waals surface area contributed by atoms with Crippen molar-refractivity contribution < 1.29 is 33.4 Å². The molecule has 15 nitrogen and oxygen atoms in total. The van der Waals surface area contributed by atoms with E-state index in [1.807, 2.05) is 24.3 Å². The Bertz CT molecular complexity index is 1990. The molecule has 0 aromatic heterocycles. The minimum Gasteiger partial charge on any atom is -0.449 e. The number of nitriles is 1. The van der Waals surface area contributed by atoms with Crippen molar-refractivity contribution in [3.63, 3.8) is 0 Å². The van der Waals surface area contributed by atoms with Crippen LogP contribution >= 0.6 is 0 Å². The molecular weight excluding hydrogens is 692 g/mol. The van der Waals surface area contributed by atoms with E-state index >= 15 is 0 Å². The number of isocyanates is 1. The van der Waals surface area contributed by atoms with Crippen LogP contribution in [0.4, 0.5) is 37.1 Å². The molecule has 0 aliphatic heterocycles. The van der Waals surface area contributed by atoms with E-state index in [2.05, 4.69) is 53.8 Å². The zero-order valence-electron chi connectivity index (χ0n) is 29.4. The van der Waals surface area contributed by atoms with Gasteiger partial charge in [-0.2, -0.15) is 5.26 Å². The Hall–Kier alpha value is -6.88. The van der Waals surface area contributed by atoms with Crippen LogP contribution in [0.25, 0.3) is 11.1 Å². The van der Waals surface area contributed by atoms with E-state index in [4.69, 9.17) is 14.7 Å². The normalized spacial score (nSPS) is 10.7. The second-order valence-electron chi connectivity index (χ2n) is 12.1. The molecule has 0 saturated carbocycles. The number of hydrogen-bond donors (Lipinski definition) is 6. The number of urea groups is 1. The van der Waals surface area contributed by atoms with Crippen LogP contribution in [-0.2, 0) is 38.6 Å². The molecule has 4 amide bonds. The van der Waals surface area contributed by atoms with Crippen LogP contribution in [0, 0.1) is 11.5 Å². The van der Waals surface area contributed by atoms with Gasteiger partial charge in [0.15, 0.2) is 0 Å². The number of carbonyl (C=O) groups is 3. The summed E-state index contributed by atoms with van der Waals surface area (Å²) >= 11 is 0. The molecule has 6 N–H and O–H groups in total. The monoisotopic (exact) mass is 732 g/mol. The largest absolute Gasteiger partial charge is 0.449 e. The highest BCUT2D eigenvalue weighted by Crippen LogP contribution is 2.39. The summed E-state index contributed by atoms with van der Waals surface area (Å²) in [6.45, 7) is 2.30. The fourth-order valence-corrected chi connectivity index (χ4v) is 5.55. The molecule has 0 atom stereocenters. The smallest absolute Gasteiger partial charge is 0.411 e. The Morgan fingerprint density at radius 1 is 0.704 bits per heavy atom. The lowest BCUT2D eigenvalue weighted by Gasteiger charge is -2.11. The SMILES string of the molecule is N#COCc1ccc(NC(=O)OCCCNC(=O)Nc2ccc3c(c2)Cc2cc(NCNCCCOC(=O)Nc4ccc(CN=C=O)cc4)ccc2-3)cc1. The standard InChI is InChI=1S/C39H40N8O7/c40-24-52-23-28-5-9-32(10-6-28)47-39(51)54-18-2-16-43-37(49)45-34-12-14-36-30(21-34)19-29-20-33(11-13-35(29)36)44-25-41-15-1-17-53-38(50)46-31-7-3-27(4-8-31)22-42-26-48/h3-14,20-21,41,44H,1-2,15-19,22-23,25H2,(H,46,50)(H,47,51)(H2,43,45,49). The van der Waals surface area contributed by atoms with Crippen LogP contribution in [-0.4, -0.2) is 57.3 Å². The van der Waals surface area contributed by atoms with Crippen LogP contribution in [0.3, 0.4) is 0 Å². The summed E-state index contributed by atoms with van der Waals surface area (Å²) in [7, 11) is 0. The van der Waals surface area contributed by atoms with Crippen molar-refractivity contribution in [3.8, 4) is 17.4 Å². The molecule has 4 aromatic rings. The van der Waals surface area contributed by atoms with E-state index in [1.54, 1.807) is 54.8 Å². The first-order valence-electron chi connectivity index (χ1n) is 17.3. The third kappa shape index (κ3) is 12.1. The molecular formula is C39H40N8O7. The maximum Gasteiger partial charge on any atom is 0.411 e. The van der Waals surface area contributed by atoms with Crippen molar-refractivity contribution in [2.24, 2.45) is 4.99 Å². The van der Waals surface area contributed by atoms with E-state index in [9.17, 15) is 19.2 Å². The maximum atomic E-state index is 12.5. The minimum absolute atomic E-state index is 0.125. The Morgan fingerprint density at radius 3 is 1.91 bits per heavy atom. The van der Waals surface area contributed by atoms with Crippen molar-refractivity contribution >= 4 is 47.0 Å². The number of nitrogens with one attached hydrogen (secondary N) is 6. The summed E-state index contributed by atoms with van der Waals surface area (Å²) in [6, 6.07) is 25.6. The van der Waals surface area contributed by atoms with Crippen LogP contribution < -0.4 is 31.9 Å². The molecule has 1 aliphatic carbocycles. The number of amides is 4. The van der Waals surface area contributed by atoms with Gasteiger partial charge in [0.25, 0.3) is 6.26 Å². The summed E-state index contributed by atoms with van der Waals surface area (Å²) in [5, 5.41) is 26.1. The van der Waals surface area contributed by atoms with Crippen LogP contribution in [0.5, 0.6) is 0 Å². The number of aliphatic imine (C=N–C) groups is 1. The van der Waals surface area contributed by atoms with E-state index < -0.39 is 12.2 Å². The van der Waals surface area contributed by atoms with Crippen molar-refractivity contribution in [1.82, 2.24) is 10.6 Å². The first kappa shape index (κ1) is 38.4. The average Bonchev–Trinajstić information content (AvgIpc) is 3.53. The number of benzene rings is 4. The molecule has 0 radical (unpaired) electrons. The molecule has 0 fully saturated rings. The molecule has 0 unspecified atom stereocenters. The molecule has 0 spiro atoms. The first-order valence-corrected chi connectivity index (χ1v) is 17.3. The number of fused-ring (bicyclic) bond motifs is 3. The van der Waals surface area contributed by atoms with Crippen molar-refractivity contribution in [2.45, 2.75) is 32.4 Å². The zero-order valence-corrected chi connectivity index (χ0v) is 29.4. The van der Waals surface area contributed by atoms with Gasteiger partial charge in [-0.05, 0) is 108 Å². The van der Waals surface area contributed by atoms with Crippen molar-refractivity contribution in [2.75, 3.05) is 54.2 Å². The van der Waals surface area contributed by atoms with Crippen molar-refractivity contribution in [1.29, 1.82) is 5.26 Å². The van der Waals surface area contributed by atoms with Gasteiger partial charge < -0.3 is 30.2 Å². The van der Waals surface area contributed by atoms with Crippen LogP contribution in [0.15, 0.2) is 89.9 Å². The molecule has 5 rings (SSSR count). The zero-order chi connectivity index (χ0) is 38.0. The number of rotatable bonds is 18. The molecule has 0 bridgehead atoms. The summed E-state index contributed by atoms with van der Waals surface area (Å²) in [5.74, 6) is 0. The minimum atomic E-state index is -0.605. The van der Waals surface area contributed by atoms with Gasteiger partial charge in [-0.15, -0.1) is 0 Å². The van der Waals surface area contributed by atoms with E-state index in [-0.39, 0.29) is 32.4 Å².